The van der Waals surface area contributed by atoms with Gasteiger partial charge in [0.1, 0.15) is 0 Å². The molecule has 0 aromatic heterocycles. The number of epoxide rings is 1. The van der Waals surface area contributed by atoms with E-state index in [-0.39, 0.29) is 11.4 Å². The fourth-order valence-corrected chi connectivity index (χ4v) is 7.69. The number of hydrogen-bond donors (Lipinski definition) is 0. The molecule has 4 aliphatic carbocycles. The van der Waals surface area contributed by atoms with Crippen molar-refractivity contribution in [1.29, 1.82) is 0 Å². The van der Waals surface area contributed by atoms with E-state index in [1.807, 2.05) is 0 Å². The van der Waals surface area contributed by atoms with E-state index in [0.717, 1.165) is 37.2 Å². The molecular weight excluding hydrogens is 312 g/mol. The van der Waals surface area contributed by atoms with E-state index in [1.165, 1.54) is 38.5 Å². The van der Waals surface area contributed by atoms with Gasteiger partial charge in [0.05, 0.1) is 12.2 Å². The van der Waals surface area contributed by atoms with Crippen molar-refractivity contribution in [3.8, 4) is 0 Å². The number of methoxy groups -OCH3 is 2. The van der Waals surface area contributed by atoms with E-state index in [9.17, 15) is 0 Å². The van der Waals surface area contributed by atoms with Crippen LogP contribution in [0, 0.1) is 28.6 Å². The summed E-state index contributed by atoms with van der Waals surface area (Å²) in [5.74, 6) is 2.17. The number of hydrogen-bond acceptors (Lipinski definition) is 3. The van der Waals surface area contributed by atoms with Crippen LogP contribution in [0.4, 0.5) is 0 Å². The monoisotopic (exact) mass is 346 g/mol. The van der Waals surface area contributed by atoms with Crippen LogP contribution in [0.25, 0.3) is 0 Å². The van der Waals surface area contributed by atoms with E-state index in [0.29, 0.717) is 10.8 Å². The second-order valence-electron chi connectivity index (χ2n) is 10.0. The van der Waals surface area contributed by atoms with Gasteiger partial charge >= 0.3 is 0 Å². The Balaban J connectivity index is 1.47. The summed E-state index contributed by atoms with van der Waals surface area (Å²) in [5.41, 5.74) is 2.67. The third kappa shape index (κ3) is 1.98. The zero-order chi connectivity index (χ0) is 17.5. The predicted molar refractivity (Wildman–Crippen MR) is 97.1 cm³/mol. The first-order valence-electron chi connectivity index (χ1n) is 10.4. The van der Waals surface area contributed by atoms with Gasteiger partial charge in [0.15, 0.2) is 5.79 Å². The van der Waals surface area contributed by atoms with Crippen molar-refractivity contribution in [2.45, 2.75) is 76.6 Å². The van der Waals surface area contributed by atoms with Crippen molar-refractivity contribution in [2.24, 2.45) is 28.6 Å². The molecule has 3 heteroatoms. The average molecular weight is 347 g/mol. The maximum Gasteiger partial charge on any atom is 0.171 e. The predicted octanol–water partition coefficient (Wildman–Crippen LogP) is 4.71. The minimum atomic E-state index is -0.388. The standard InChI is InChI=1S/C22H34O3/c1-19-11-12-22(23-3,24-4)13-15(19)5-6-16-17(19)7-9-20(2)18(16)8-10-21(20)14-25-21/h5,16-18H,6-14H2,1-4H3/t16-,17+,18-,19-,20-,21-/m1/s1. The number of rotatable bonds is 2. The van der Waals surface area contributed by atoms with Crippen LogP contribution >= 0.6 is 0 Å². The molecule has 3 saturated carbocycles. The summed E-state index contributed by atoms with van der Waals surface area (Å²) in [6.07, 6.45) is 12.4. The molecule has 4 fully saturated rings. The third-order valence-corrected chi connectivity index (χ3v) is 9.64. The highest BCUT2D eigenvalue weighted by molar-refractivity contribution is 5.28. The second-order valence-corrected chi connectivity index (χ2v) is 10.0. The van der Waals surface area contributed by atoms with Crippen LogP contribution in [0.5, 0.6) is 0 Å². The summed E-state index contributed by atoms with van der Waals surface area (Å²) in [4.78, 5) is 0. The number of fused-ring (bicyclic) bond motifs is 6. The Morgan fingerprint density at radius 1 is 1.00 bits per heavy atom. The first-order valence-corrected chi connectivity index (χ1v) is 10.4. The Kier molecular flexibility index (Phi) is 3.43. The lowest BCUT2D eigenvalue weighted by Crippen LogP contribution is -2.53. The molecule has 0 N–H and O–H groups in total. The van der Waals surface area contributed by atoms with Crippen LogP contribution in [0.3, 0.4) is 0 Å². The normalized spacial score (nSPS) is 53.0. The van der Waals surface area contributed by atoms with Gasteiger partial charge in [-0.05, 0) is 61.7 Å². The van der Waals surface area contributed by atoms with Gasteiger partial charge in [0, 0.05) is 32.5 Å². The van der Waals surface area contributed by atoms with Gasteiger partial charge in [-0.25, -0.2) is 0 Å². The van der Waals surface area contributed by atoms with Crippen LogP contribution in [0.1, 0.15) is 65.2 Å². The molecule has 0 radical (unpaired) electrons. The maximum atomic E-state index is 6.05. The van der Waals surface area contributed by atoms with Crippen molar-refractivity contribution >= 4 is 0 Å². The van der Waals surface area contributed by atoms with E-state index in [2.05, 4.69) is 19.9 Å². The molecular formula is C22H34O3. The number of ether oxygens (including phenoxy) is 3. The average Bonchev–Trinajstić information content (AvgIpc) is 3.35. The van der Waals surface area contributed by atoms with Crippen LogP contribution in [0.2, 0.25) is 0 Å². The van der Waals surface area contributed by atoms with E-state index < -0.39 is 0 Å². The summed E-state index contributed by atoms with van der Waals surface area (Å²) in [6.45, 7) is 6.13. The smallest absolute Gasteiger partial charge is 0.171 e. The van der Waals surface area contributed by atoms with Crippen LogP contribution in [-0.2, 0) is 14.2 Å². The molecule has 3 nitrogen and oxygen atoms in total. The summed E-state index contributed by atoms with van der Waals surface area (Å²) in [6, 6.07) is 0. The van der Waals surface area contributed by atoms with E-state index in [1.54, 1.807) is 19.8 Å². The summed E-state index contributed by atoms with van der Waals surface area (Å²) in [7, 11) is 3.61. The molecule has 0 aromatic carbocycles. The lowest BCUT2D eigenvalue weighted by atomic mass is 9.47. The highest BCUT2D eigenvalue weighted by Crippen LogP contribution is 2.70. The lowest BCUT2D eigenvalue weighted by molar-refractivity contribution is -0.227. The SMILES string of the molecule is COC1(OC)CC[C@]2(C)C(=CC[C@H]3[C@H]4CC[C@@]5(CO5)[C@]4(C)CC[C@@H]32)C1. The summed E-state index contributed by atoms with van der Waals surface area (Å²) in [5, 5.41) is 0. The molecule has 5 aliphatic rings. The zero-order valence-corrected chi connectivity index (χ0v) is 16.4. The maximum absolute atomic E-state index is 6.05. The van der Waals surface area contributed by atoms with Gasteiger partial charge in [-0.2, -0.15) is 0 Å². The Morgan fingerprint density at radius 2 is 1.72 bits per heavy atom. The molecule has 1 spiro atoms. The summed E-state index contributed by atoms with van der Waals surface area (Å²) < 4.78 is 17.6. The fraction of sp³-hybridized carbons (Fsp3) is 0.909. The van der Waals surface area contributed by atoms with Crippen molar-refractivity contribution in [2.75, 3.05) is 20.8 Å². The lowest BCUT2D eigenvalue weighted by Gasteiger charge is -2.59. The van der Waals surface area contributed by atoms with Gasteiger partial charge in [0.2, 0.25) is 0 Å². The van der Waals surface area contributed by atoms with Crippen molar-refractivity contribution < 1.29 is 14.2 Å². The van der Waals surface area contributed by atoms with Gasteiger partial charge in [-0.15, -0.1) is 0 Å². The minimum Gasteiger partial charge on any atom is -0.369 e. The highest BCUT2D eigenvalue weighted by Gasteiger charge is 2.69. The van der Waals surface area contributed by atoms with Gasteiger partial charge in [-0.3, -0.25) is 0 Å². The Morgan fingerprint density at radius 3 is 2.40 bits per heavy atom. The first kappa shape index (κ1) is 16.8. The van der Waals surface area contributed by atoms with E-state index in [4.69, 9.17) is 14.2 Å². The first-order chi connectivity index (χ1) is 11.9. The molecule has 0 bridgehead atoms. The van der Waals surface area contributed by atoms with E-state index >= 15 is 0 Å². The van der Waals surface area contributed by atoms with Gasteiger partial charge in [0.25, 0.3) is 0 Å². The zero-order valence-electron chi connectivity index (χ0n) is 16.4. The van der Waals surface area contributed by atoms with Crippen LogP contribution in [-0.4, -0.2) is 32.2 Å². The summed E-state index contributed by atoms with van der Waals surface area (Å²) >= 11 is 0. The third-order valence-electron chi connectivity index (χ3n) is 9.64. The fourth-order valence-electron chi connectivity index (χ4n) is 7.69. The molecule has 25 heavy (non-hydrogen) atoms. The Bertz CT molecular complexity index is 602. The van der Waals surface area contributed by atoms with Gasteiger partial charge < -0.3 is 14.2 Å². The molecule has 0 unspecified atom stereocenters. The topological polar surface area (TPSA) is 31.0 Å². The molecule has 6 atom stereocenters. The largest absolute Gasteiger partial charge is 0.369 e. The highest BCUT2D eigenvalue weighted by atomic mass is 16.7. The quantitative estimate of drug-likeness (QED) is 0.412. The van der Waals surface area contributed by atoms with Crippen molar-refractivity contribution in [3.05, 3.63) is 11.6 Å². The van der Waals surface area contributed by atoms with Gasteiger partial charge in [-0.1, -0.05) is 25.5 Å². The van der Waals surface area contributed by atoms with Crippen LogP contribution < -0.4 is 0 Å². The molecule has 5 rings (SSSR count). The molecule has 0 amide bonds. The molecule has 0 aromatic rings. The van der Waals surface area contributed by atoms with Crippen molar-refractivity contribution in [3.63, 3.8) is 0 Å². The second kappa shape index (κ2) is 5.11. The Labute approximate surface area is 152 Å². The Hall–Kier alpha value is -0.380. The molecule has 140 valence electrons. The minimum absolute atomic E-state index is 0.265. The number of allylic oxidation sites excluding steroid dienone is 1. The van der Waals surface area contributed by atoms with Crippen molar-refractivity contribution in [1.82, 2.24) is 0 Å². The molecule has 1 aliphatic heterocycles. The van der Waals surface area contributed by atoms with Crippen LogP contribution in [0.15, 0.2) is 11.6 Å². The molecule has 1 heterocycles. The molecule has 1 saturated heterocycles.